The molecule has 3 fully saturated rings. The number of rotatable bonds is 2. The van der Waals surface area contributed by atoms with E-state index in [1.165, 1.54) is 19.3 Å². The van der Waals surface area contributed by atoms with E-state index >= 15 is 0 Å². The molecule has 6 atom stereocenters. The second-order valence-electron chi connectivity index (χ2n) is 8.17. The number of hydrogen-bond acceptors (Lipinski definition) is 4. The Morgan fingerprint density at radius 3 is 2.75 bits per heavy atom. The summed E-state index contributed by atoms with van der Waals surface area (Å²) in [4.78, 5) is 22.6. The Morgan fingerprint density at radius 2 is 2.12 bits per heavy atom. The number of hydrogen-bond donors (Lipinski definition) is 1. The van der Waals surface area contributed by atoms with Crippen molar-refractivity contribution in [1.29, 1.82) is 0 Å². The highest BCUT2D eigenvalue weighted by atomic mass is 17.3. The van der Waals surface area contributed by atoms with Gasteiger partial charge in [-0.15, -0.1) is 0 Å². The molecule has 0 aromatic heterocycles. The molecule has 0 radical (unpaired) electrons. The van der Waals surface area contributed by atoms with Crippen molar-refractivity contribution in [3.05, 3.63) is 41.0 Å². The van der Waals surface area contributed by atoms with Gasteiger partial charge in [0.25, 0.3) is 0 Å². The fourth-order valence-electron chi connectivity index (χ4n) is 6.05. The zero-order chi connectivity index (χ0) is 16.7. The molecular formula is C20H22O4. The Bertz CT molecular complexity index is 769. The van der Waals surface area contributed by atoms with Crippen LogP contribution in [-0.4, -0.2) is 17.0 Å². The molecule has 1 aliphatic heterocycles. The van der Waals surface area contributed by atoms with Gasteiger partial charge in [0.05, 0.1) is 5.56 Å². The van der Waals surface area contributed by atoms with Crippen molar-refractivity contribution in [2.45, 2.75) is 44.3 Å². The fourth-order valence-corrected chi connectivity index (χ4v) is 6.05. The Morgan fingerprint density at radius 1 is 1.29 bits per heavy atom. The van der Waals surface area contributed by atoms with Gasteiger partial charge in [0, 0.05) is 11.8 Å². The van der Waals surface area contributed by atoms with Crippen molar-refractivity contribution in [2.24, 2.45) is 23.7 Å². The normalized spacial score (nSPS) is 45.2. The molecular weight excluding hydrogens is 304 g/mol. The minimum absolute atomic E-state index is 0.00186. The van der Waals surface area contributed by atoms with Crippen molar-refractivity contribution in [1.82, 2.24) is 0 Å². The Labute approximate surface area is 141 Å². The van der Waals surface area contributed by atoms with Gasteiger partial charge in [0.2, 0.25) is 0 Å². The summed E-state index contributed by atoms with van der Waals surface area (Å²) in [7, 11) is 0. The molecule has 2 saturated carbocycles. The average Bonchev–Trinajstić information content (AvgIpc) is 3.13. The maximum absolute atomic E-state index is 11.0. The van der Waals surface area contributed by atoms with Crippen molar-refractivity contribution < 1.29 is 19.7 Å². The molecule has 1 aromatic rings. The maximum atomic E-state index is 11.0. The molecule has 4 heteroatoms. The lowest BCUT2D eigenvalue weighted by Crippen LogP contribution is -2.71. The van der Waals surface area contributed by atoms with E-state index in [1.54, 1.807) is 17.7 Å². The van der Waals surface area contributed by atoms with Gasteiger partial charge in [-0.2, -0.15) is 0 Å². The van der Waals surface area contributed by atoms with E-state index in [9.17, 15) is 9.90 Å². The van der Waals surface area contributed by atoms with E-state index in [-0.39, 0.29) is 17.3 Å². The molecule has 0 amide bonds. The largest absolute Gasteiger partial charge is 0.507 e. The Balaban J connectivity index is 1.62. The molecule has 1 aromatic carbocycles. The smallest absolute Gasteiger partial charge is 0.159 e. The SMILES string of the molecule is CC1C=C2CC3CC2C(C3)C12OOC2(C)c1ccc(C=O)c(O)c1. The van der Waals surface area contributed by atoms with Crippen molar-refractivity contribution in [3.8, 4) is 5.75 Å². The lowest BCUT2D eigenvalue weighted by atomic mass is 9.56. The van der Waals surface area contributed by atoms with Gasteiger partial charge in [-0.05, 0) is 55.7 Å². The van der Waals surface area contributed by atoms with Crippen LogP contribution in [0.1, 0.15) is 49.0 Å². The summed E-state index contributed by atoms with van der Waals surface area (Å²) < 4.78 is 0. The van der Waals surface area contributed by atoms with Crippen LogP contribution >= 0.6 is 0 Å². The third kappa shape index (κ3) is 1.50. The van der Waals surface area contributed by atoms with Gasteiger partial charge >= 0.3 is 0 Å². The second kappa shape index (κ2) is 4.50. The van der Waals surface area contributed by atoms with Gasteiger partial charge in [-0.1, -0.05) is 24.6 Å². The molecule has 1 N–H and O–H groups in total. The van der Waals surface area contributed by atoms with Crippen molar-refractivity contribution in [2.75, 3.05) is 0 Å². The number of phenolic OH excluding ortho intramolecular Hbond substituents is 1. The summed E-state index contributed by atoms with van der Waals surface area (Å²) in [5.41, 5.74) is 1.80. The van der Waals surface area contributed by atoms with Gasteiger partial charge in [-0.25, -0.2) is 9.78 Å². The Kier molecular flexibility index (Phi) is 2.75. The summed E-state index contributed by atoms with van der Waals surface area (Å²) in [5, 5.41) is 10.1. The summed E-state index contributed by atoms with van der Waals surface area (Å²) in [5.74, 6) is 2.14. The zero-order valence-corrected chi connectivity index (χ0v) is 14.0. The number of carbonyl (C=O) groups excluding carboxylic acids is 1. The number of aldehydes is 1. The predicted molar refractivity (Wildman–Crippen MR) is 87.3 cm³/mol. The molecule has 6 unspecified atom stereocenters. The quantitative estimate of drug-likeness (QED) is 0.511. The molecule has 126 valence electrons. The van der Waals surface area contributed by atoms with Crippen LogP contribution in [0.3, 0.4) is 0 Å². The average molecular weight is 326 g/mol. The number of fused-ring (bicyclic) bond motifs is 2. The monoisotopic (exact) mass is 326 g/mol. The minimum Gasteiger partial charge on any atom is -0.507 e. The molecule has 4 aliphatic rings. The minimum atomic E-state index is -0.609. The predicted octanol–water partition coefficient (Wildman–Crippen LogP) is 3.74. The topological polar surface area (TPSA) is 55.8 Å². The first kappa shape index (κ1) is 14.7. The molecule has 1 saturated heterocycles. The lowest BCUT2D eigenvalue weighted by molar-refractivity contribution is -0.578. The molecule has 24 heavy (non-hydrogen) atoms. The number of aromatic hydroxyl groups is 1. The van der Waals surface area contributed by atoms with Gasteiger partial charge in [0.1, 0.15) is 11.4 Å². The van der Waals surface area contributed by atoms with Crippen LogP contribution in [0.15, 0.2) is 29.8 Å². The van der Waals surface area contributed by atoms with E-state index in [1.807, 2.05) is 6.07 Å². The first-order valence-electron chi connectivity index (χ1n) is 8.85. The summed E-state index contributed by atoms with van der Waals surface area (Å²) >= 11 is 0. The van der Waals surface area contributed by atoms with E-state index in [0.717, 1.165) is 11.5 Å². The highest BCUT2D eigenvalue weighted by Gasteiger charge is 2.72. The zero-order valence-electron chi connectivity index (χ0n) is 14.0. The molecule has 3 aliphatic carbocycles. The van der Waals surface area contributed by atoms with Gasteiger partial charge < -0.3 is 5.11 Å². The van der Waals surface area contributed by atoms with Crippen LogP contribution in [0.5, 0.6) is 5.75 Å². The van der Waals surface area contributed by atoms with Crippen LogP contribution in [0, 0.1) is 23.7 Å². The molecule has 2 bridgehead atoms. The Hall–Kier alpha value is -1.65. The van der Waals surface area contributed by atoms with E-state index < -0.39 is 5.60 Å². The van der Waals surface area contributed by atoms with Gasteiger partial charge in [-0.3, -0.25) is 4.79 Å². The van der Waals surface area contributed by atoms with Crippen LogP contribution in [-0.2, 0) is 15.4 Å². The van der Waals surface area contributed by atoms with Crippen molar-refractivity contribution in [3.63, 3.8) is 0 Å². The first-order chi connectivity index (χ1) is 11.5. The molecule has 1 heterocycles. The molecule has 5 rings (SSSR count). The van der Waals surface area contributed by atoms with Crippen LogP contribution in [0.2, 0.25) is 0 Å². The first-order valence-corrected chi connectivity index (χ1v) is 8.85. The second-order valence-corrected chi connectivity index (χ2v) is 8.17. The summed E-state index contributed by atoms with van der Waals surface area (Å²) in [6.45, 7) is 4.28. The number of phenols is 1. The molecule has 4 nitrogen and oxygen atoms in total. The van der Waals surface area contributed by atoms with E-state index in [4.69, 9.17) is 9.78 Å². The van der Waals surface area contributed by atoms with Crippen LogP contribution < -0.4 is 0 Å². The third-order valence-electron chi connectivity index (χ3n) is 7.15. The highest BCUT2D eigenvalue weighted by molar-refractivity contribution is 5.79. The highest BCUT2D eigenvalue weighted by Crippen LogP contribution is 2.68. The van der Waals surface area contributed by atoms with Crippen molar-refractivity contribution >= 4 is 6.29 Å². The maximum Gasteiger partial charge on any atom is 0.159 e. The summed E-state index contributed by atoms with van der Waals surface area (Å²) in [6, 6.07) is 5.20. The lowest BCUT2D eigenvalue weighted by Gasteiger charge is -2.63. The number of allylic oxidation sites excluding steroid dienone is 1. The fraction of sp³-hybridized carbons (Fsp3) is 0.550. The summed E-state index contributed by atoms with van der Waals surface area (Å²) in [6.07, 6.45) is 6.81. The van der Waals surface area contributed by atoms with Crippen LogP contribution in [0.25, 0.3) is 0 Å². The number of benzene rings is 1. The third-order valence-corrected chi connectivity index (χ3v) is 7.15. The van der Waals surface area contributed by atoms with Crippen LogP contribution in [0.4, 0.5) is 0 Å². The molecule has 1 spiro atoms. The standard InChI is InChI=1S/C20H22O4/c1-11-5-14-6-12-7-16(14)17(8-12)20(11)19(2,23-24-20)15-4-3-13(10-21)18(22)9-15/h3-5,9-12,16-17,22H,6-8H2,1-2H3. The van der Waals surface area contributed by atoms with E-state index in [2.05, 4.69) is 19.9 Å². The van der Waals surface area contributed by atoms with Gasteiger partial charge in [0.15, 0.2) is 11.9 Å². The van der Waals surface area contributed by atoms with E-state index in [0.29, 0.717) is 23.7 Å². The number of carbonyl (C=O) groups is 1.